The number of halogens is 2. The van der Waals surface area contributed by atoms with Crippen molar-refractivity contribution in [3.05, 3.63) is 21.9 Å². The van der Waals surface area contributed by atoms with Crippen LogP contribution in [0.25, 0.3) is 0 Å². The van der Waals surface area contributed by atoms with Gasteiger partial charge in [0, 0.05) is 6.54 Å². The van der Waals surface area contributed by atoms with Gasteiger partial charge in [-0.1, -0.05) is 23.2 Å². The van der Waals surface area contributed by atoms with Crippen molar-refractivity contribution in [1.29, 1.82) is 0 Å². The number of carbonyl (C=O) groups is 1. The summed E-state index contributed by atoms with van der Waals surface area (Å²) in [6, 6.07) is 1.43. The van der Waals surface area contributed by atoms with Crippen LogP contribution in [0.1, 0.15) is 23.2 Å². The van der Waals surface area contributed by atoms with Crippen LogP contribution < -0.4 is 5.32 Å². The highest BCUT2D eigenvalue weighted by Gasteiger charge is 2.19. The van der Waals surface area contributed by atoms with E-state index in [-0.39, 0.29) is 21.8 Å². The van der Waals surface area contributed by atoms with E-state index in [1.165, 1.54) is 6.07 Å². The van der Waals surface area contributed by atoms with Crippen LogP contribution in [-0.4, -0.2) is 47.7 Å². The Hall–Kier alpha value is -0.910. The van der Waals surface area contributed by atoms with Crippen molar-refractivity contribution < 1.29 is 4.79 Å². The molecule has 1 aliphatic rings. The summed E-state index contributed by atoms with van der Waals surface area (Å²) in [5.74, 6) is 0.268. The molecule has 0 radical (unpaired) electrons. The van der Waals surface area contributed by atoms with Gasteiger partial charge in [-0.25, -0.2) is 0 Å². The number of carbonyl (C=O) groups excluding carboxylic acids is 1. The van der Waals surface area contributed by atoms with Gasteiger partial charge in [-0.05, 0) is 45.0 Å². The molecule has 0 aliphatic carbocycles. The van der Waals surface area contributed by atoms with Crippen LogP contribution in [0.4, 0.5) is 0 Å². The summed E-state index contributed by atoms with van der Waals surface area (Å²) in [4.78, 5) is 14.3. The summed E-state index contributed by atoms with van der Waals surface area (Å²) in [7, 11) is 2.11. The van der Waals surface area contributed by atoms with E-state index >= 15 is 0 Å². The summed E-state index contributed by atoms with van der Waals surface area (Å²) >= 11 is 11.5. The van der Waals surface area contributed by atoms with Gasteiger partial charge in [0.2, 0.25) is 0 Å². The first kappa shape index (κ1) is 14.5. The number of amides is 1. The molecular weight excluding hydrogens is 287 g/mol. The Morgan fingerprint density at radius 1 is 1.42 bits per heavy atom. The number of rotatable bonds is 3. The lowest BCUT2D eigenvalue weighted by Gasteiger charge is -2.28. The molecule has 104 valence electrons. The first-order valence-corrected chi connectivity index (χ1v) is 6.97. The molecule has 0 bridgehead atoms. The fourth-order valence-corrected chi connectivity index (χ4v) is 2.44. The lowest BCUT2D eigenvalue weighted by atomic mass is 9.97. The molecule has 1 aliphatic heterocycles. The quantitative estimate of drug-likeness (QED) is 0.926. The van der Waals surface area contributed by atoms with Gasteiger partial charge in [-0.2, -0.15) is 0 Å². The van der Waals surface area contributed by atoms with Gasteiger partial charge in [0.15, 0.2) is 10.3 Å². The Morgan fingerprint density at radius 3 is 2.79 bits per heavy atom. The maximum Gasteiger partial charge on any atom is 0.254 e. The molecule has 1 saturated heterocycles. The first-order valence-electron chi connectivity index (χ1n) is 6.21. The molecule has 0 atom stereocenters. The molecule has 1 fully saturated rings. The van der Waals surface area contributed by atoms with Gasteiger partial charge >= 0.3 is 0 Å². The zero-order valence-electron chi connectivity index (χ0n) is 10.7. The lowest BCUT2D eigenvalue weighted by molar-refractivity contribution is 0.0938. The summed E-state index contributed by atoms with van der Waals surface area (Å²) in [6.07, 6.45) is 2.19. The van der Waals surface area contributed by atoms with E-state index in [1.807, 2.05) is 0 Å². The van der Waals surface area contributed by atoms with Crippen LogP contribution in [0, 0.1) is 5.92 Å². The Labute approximate surface area is 122 Å². The van der Waals surface area contributed by atoms with Crippen LogP contribution in [0.2, 0.25) is 10.3 Å². The highest BCUT2D eigenvalue weighted by molar-refractivity contribution is 6.34. The molecule has 2 rings (SSSR count). The second-order valence-corrected chi connectivity index (χ2v) is 5.57. The molecule has 1 N–H and O–H groups in total. The topological polar surface area (TPSA) is 58.1 Å². The van der Waals surface area contributed by atoms with Crippen molar-refractivity contribution in [3.63, 3.8) is 0 Å². The molecule has 19 heavy (non-hydrogen) atoms. The normalized spacial score (nSPS) is 17.4. The highest BCUT2D eigenvalue weighted by atomic mass is 35.5. The van der Waals surface area contributed by atoms with Crippen LogP contribution in [0.15, 0.2) is 6.07 Å². The van der Waals surface area contributed by atoms with E-state index in [4.69, 9.17) is 23.2 Å². The third-order valence-electron chi connectivity index (χ3n) is 3.35. The van der Waals surface area contributed by atoms with Crippen LogP contribution >= 0.6 is 23.2 Å². The predicted molar refractivity (Wildman–Crippen MR) is 74.6 cm³/mol. The maximum absolute atomic E-state index is 12.0. The van der Waals surface area contributed by atoms with Crippen LogP contribution in [0.5, 0.6) is 0 Å². The van der Waals surface area contributed by atoms with Crippen molar-refractivity contribution in [1.82, 2.24) is 20.4 Å². The Bertz CT molecular complexity index is 461. The highest BCUT2D eigenvalue weighted by Crippen LogP contribution is 2.17. The Morgan fingerprint density at radius 2 is 2.11 bits per heavy atom. The summed E-state index contributed by atoms with van der Waals surface area (Å²) in [5.41, 5.74) is 0.273. The van der Waals surface area contributed by atoms with E-state index in [0.29, 0.717) is 12.5 Å². The number of nitrogens with one attached hydrogen (secondary N) is 1. The largest absolute Gasteiger partial charge is 0.352 e. The summed E-state index contributed by atoms with van der Waals surface area (Å²) < 4.78 is 0. The first-order chi connectivity index (χ1) is 9.06. The molecule has 1 amide bonds. The minimum absolute atomic E-state index is 0.0743. The Kier molecular flexibility index (Phi) is 4.96. The number of hydrogen-bond acceptors (Lipinski definition) is 4. The molecule has 0 unspecified atom stereocenters. The monoisotopic (exact) mass is 302 g/mol. The van der Waals surface area contributed by atoms with Crippen LogP contribution in [-0.2, 0) is 0 Å². The smallest absolute Gasteiger partial charge is 0.254 e. The fourth-order valence-electron chi connectivity index (χ4n) is 2.11. The van der Waals surface area contributed by atoms with Gasteiger partial charge in [0.1, 0.15) is 0 Å². The molecule has 0 aromatic carbocycles. The molecule has 2 heterocycles. The molecule has 0 spiro atoms. The van der Waals surface area contributed by atoms with E-state index in [9.17, 15) is 4.79 Å². The number of piperidine rings is 1. The summed E-state index contributed by atoms with van der Waals surface area (Å²) in [5, 5.41) is 10.3. The van der Waals surface area contributed by atoms with Crippen LogP contribution in [0.3, 0.4) is 0 Å². The lowest BCUT2D eigenvalue weighted by Crippen LogP contribution is -2.37. The minimum Gasteiger partial charge on any atom is -0.352 e. The average molecular weight is 303 g/mol. The third kappa shape index (κ3) is 4.03. The van der Waals surface area contributed by atoms with Gasteiger partial charge in [-0.3, -0.25) is 4.79 Å². The fraction of sp³-hybridized carbons (Fsp3) is 0.583. The second-order valence-electron chi connectivity index (χ2n) is 4.83. The van der Waals surface area contributed by atoms with E-state index < -0.39 is 0 Å². The van der Waals surface area contributed by atoms with Crippen molar-refractivity contribution in [2.45, 2.75) is 12.8 Å². The molecule has 0 saturated carbocycles. The SMILES string of the molecule is CN1CCC(CNC(=O)c2cc(Cl)nnc2Cl)CC1. The molecule has 1 aromatic rings. The van der Waals surface area contributed by atoms with Crippen molar-refractivity contribution in [2.75, 3.05) is 26.7 Å². The van der Waals surface area contributed by atoms with E-state index in [2.05, 4.69) is 27.5 Å². The molecule has 7 heteroatoms. The maximum atomic E-state index is 12.0. The van der Waals surface area contributed by atoms with Crippen molar-refractivity contribution in [3.8, 4) is 0 Å². The number of nitrogens with zero attached hydrogens (tertiary/aromatic N) is 3. The van der Waals surface area contributed by atoms with Gasteiger partial charge in [-0.15, -0.1) is 10.2 Å². The molecular formula is C12H16Cl2N4O. The molecule has 5 nitrogen and oxygen atoms in total. The van der Waals surface area contributed by atoms with E-state index in [1.54, 1.807) is 0 Å². The number of aromatic nitrogens is 2. The van der Waals surface area contributed by atoms with Crippen molar-refractivity contribution >= 4 is 29.1 Å². The predicted octanol–water partition coefficient (Wildman–Crippen LogP) is 1.85. The molecule has 1 aromatic heterocycles. The second kappa shape index (κ2) is 6.50. The number of hydrogen-bond donors (Lipinski definition) is 1. The minimum atomic E-state index is -0.249. The van der Waals surface area contributed by atoms with Crippen molar-refractivity contribution in [2.24, 2.45) is 5.92 Å². The average Bonchev–Trinajstić information content (AvgIpc) is 2.40. The number of likely N-dealkylation sites (tertiary alicyclic amines) is 1. The van der Waals surface area contributed by atoms with E-state index in [0.717, 1.165) is 25.9 Å². The van der Waals surface area contributed by atoms with Gasteiger partial charge in [0.05, 0.1) is 5.56 Å². The Balaban J connectivity index is 1.89. The third-order valence-corrected chi connectivity index (χ3v) is 3.82. The van der Waals surface area contributed by atoms with Gasteiger partial charge in [0.25, 0.3) is 5.91 Å². The summed E-state index contributed by atoms with van der Waals surface area (Å²) in [6.45, 7) is 2.80. The van der Waals surface area contributed by atoms with Gasteiger partial charge < -0.3 is 10.2 Å². The standard InChI is InChI=1S/C12H16Cl2N4O/c1-18-4-2-8(3-5-18)7-15-12(19)9-6-10(13)16-17-11(9)14/h6,8H,2-5,7H2,1H3,(H,15,19). The zero-order valence-corrected chi connectivity index (χ0v) is 12.2. The zero-order chi connectivity index (χ0) is 13.8.